The second-order valence-electron chi connectivity index (χ2n) is 5.96. The Kier molecular flexibility index (Phi) is 6.61. The third kappa shape index (κ3) is 6.48. The maximum atomic E-state index is 12.5. The van der Waals surface area contributed by atoms with Gasteiger partial charge in [-0.2, -0.15) is 26.3 Å². The highest BCUT2D eigenvalue weighted by Crippen LogP contribution is 2.37. The van der Waals surface area contributed by atoms with E-state index in [1.54, 1.807) is 14.1 Å². The maximum Gasteiger partial charge on any atom is 0.422 e. The SMILES string of the molecule is CN(C)c1cc(-c2cc(OCC(F)(F)F)ccc2OCC(F)(F)F)oc(=O)c1Cl. The van der Waals surface area contributed by atoms with Crippen LogP contribution in [0.15, 0.2) is 33.5 Å². The fourth-order valence-electron chi connectivity index (χ4n) is 2.17. The summed E-state index contributed by atoms with van der Waals surface area (Å²) in [7, 11) is 3.10. The summed E-state index contributed by atoms with van der Waals surface area (Å²) in [5.41, 5.74) is -1.02. The van der Waals surface area contributed by atoms with Crippen molar-refractivity contribution in [3.63, 3.8) is 0 Å². The monoisotopic (exact) mass is 445 g/mol. The summed E-state index contributed by atoms with van der Waals surface area (Å²) < 4.78 is 89.0. The Hall–Kier alpha value is -2.56. The molecule has 1 aromatic heterocycles. The van der Waals surface area contributed by atoms with Crippen molar-refractivity contribution in [3.05, 3.63) is 39.7 Å². The van der Waals surface area contributed by atoms with Crippen LogP contribution in [0.25, 0.3) is 11.3 Å². The van der Waals surface area contributed by atoms with Gasteiger partial charge < -0.3 is 18.8 Å². The van der Waals surface area contributed by atoms with Crippen molar-refractivity contribution < 1.29 is 40.2 Å². The third-order valence-electron chi connectivity index (χ3n) is 3.37. The molecule has 0 radical (unpaired) electrons. The van der Waals surface area contributed by atoms with E-state index in [1.165, 1.54) is 11.0 Å². The molecule has 0 spiro atoms. The highest BCUT2D eigenvalue weighted by molar-refractivity contribution is 6.33. The molecule has 0 fully saturated rings. The van der Waals surface area contributed by atoms with E-state index in [-0.39, 0.29) is 33.5 Å². The van der Waals surface area contributed by atoms with Crippen molar-refractivity contribution in [2.24, 2.45) is 0 Å². The van der Waals surface area contributed by atoms with E-state index < -0.39 is 31.2 Å². The average molecular weight is 446 g/mol. The summed E-state index contributed by atoms with van der Waals surface area (Å²) in [5.74, 6) is -0.963. The fraction of sp³-hybridized carbons (Fsp3) is 0.353. The van der Waals surface area contributed by atoms with Crippen LogP contribution < -0.4 is 20.0 Å². The zero-order chi connectivity index (χ0) is 22.0. The number of halogens is 7. The molecule has 0 saturated heterocycles. The first kappa shape index (κ1) is 22.7. The Morgan fingerprint density at radius 1 is 1.00 bits per heavy atom. The van der Waals surface area contributed by atoms with Gasteiger partial charge in [0.25, 0.3) is 0 Å². The first-order valence-corrected chi connectivity index (χ1v) is 8.19. The smallest absolute Gasteiger partial charge is 0.422 e. The van der Waals surface area contributed by atoms with Gasteiger partial charge >= 0.3 is 18.0 Å². The number of anilines is 1. The highest BCUT2D eigenvalue weighted by Gasteiger charge is 2.30. The van der Waals surface area contributed by atoms with Crippen molar-refractivity contribution >= 4 is 17.3 Å². The molecule has 29 heavy (non-hydrogen) atoms. The molecule has 1 aromatic carbocycles. The molecule has 0 bridgehead atoms. The minimum Gasteiger partial charge on any atom is -0.484 e. The van der Waals surface area contributed by atoms with Crippen LogP contribution in [0.5, 0.6) is 11.5 Å². The van der Waals surface area contributed by atoms with Crippen LogP contribution >= 0.6 is 11.6 Å². The molecule has 0 aliphatic heterocycles. The molecule has 160 valence electrons. The van der Waals surface area contributed by atoms with Gasteiger partial charge in [-0.25, -0.2) is 4.79 Å². The molecule has 1 heterocycles. The molecule has 2 rings (SSSR count). The van der Waals surface area contributed by atoms with Gasteiger partial charge in [0, 0.05) is 20.2 Å². The predicted octanol–water partition coefficient (Wildman–Crippen LogP) is 4.91. The molecule has 0 unspecified atom stereocenters. The number of nitrogens with zero attached hydrogens (tertiary/aromatic N) is 1. The van der Waals surface area contributed by atoms with Gasteiger partial charge in [0.05, 0.1) is 11.3 Å². The molecule has 0 amide bonds. The number of alkyl halides is 6. The van der Waals surface area contributed by atoms with Crippen LogP contribution in [0.3, 0.4) is 0 Å². The number of rotatable bonds is 6. The van der Waals surface area contributed by atoms with Gasteiger partial charge in [0.1, 0.15) is 22.3 Å². The van der Waals surface area contributed by atoms with E-state index in [0.717, 1.165) is 18.2 Å². The summed E-state index contributed by atoms with van der Waals surface area (Å²) in [4.78, 5) is 13.4. The van der Waals surface area contributed by atoms with Crippen molar-refractivity contribution in [2.45, 2.75) is 12.4 Å². The summed E-state index contributed by atoms with van der Waals surface area (Å²) in [6.07, 6.45) is -9.30. The molecule has 12 heteroatoms. The lowest BCUT2D eigenvalue weighted by molar-refractivity contribution is -0.154. The molecular weight excluding hydrogens is 432 g/mol. The van der Waals surface area contributed by atoms with Gasteiger partial charge in [0.2, 0.25) is 0 Å². The van der Waals surface area contributed by atoms with Crippen LogP contribution in [0.2, 0.25) is 5.02 Å². The third-order valence-corrected chi connectivity index (χ3v) is 3.71. The van der Waals surface area contributed by atoms with Crippen LogP contribution in [0.1, 0.15) is 0 Å². The molecule has 0 N–H and O–H groups in total. The van der Waals surface area contributed by atoms with E-state index in [9.17, 15) is 31.1 Å². The summed E-state index contributed by atoms with van der Waals surface area (Å²) in [6, 6.07) is 4.20. The molecule has 0 atom stereocenters. The number of hydrogen-bond donors (Lipinski definition) is 0. The second-order valence-corrected chi connectivity index (χ2v) is 6.34. The lowest BCUT2D eigenvalue weighted by atomic mass is 10.1. The van der Waals surface area contributed by atoms with Gasteiger partial charge in [-0.1, -0.05) is 11.6 Å². The topological polar surface area (TPSA) is 51.9 Å². The summed E-state index contributed by atoms with van der Waals surface area (Å²) in [6.45, 7) is -3.29. The Morgan fingerprint density at radius 2 is 1.59 bits per heavy atom. The van der Waals surface area contributed by atoms with E-state index in [4.69, 9.17) is 20.8 Å². The maximum absolute atomic E-state index is 12.5. The molecule has 0 aliphatic carbocycles. The van der Waals surface area contributed by atoms with E-state index >= 15 is 0 Å². The minimum absolute atomic E-state index is 0.182. The van der Waals surface area contributed by atoms with Crippen molar-refractivity contribution in [3.8, 4) is 22.8 Å². The Morgan fingerprint density at radius 3 is 2.14 bits per heavy atom. The first-order chi connectivity index (χ1) is 13.3. The standard InChI is InChI=1S/C17H14ClF6NO4/c1-25(2)11-6-13(29-15(26)14(11)18)10-5-9(27-7-16(19,20)21)3-4-12(10)28-8-17(22,23)24/h3-6H,7-8H2,1-2H3. The summed E-state index contributed by atoms with van der Waals surface area (Å²) >= 11 is 5.86. The Balaban J connectivity index is 2.54. The highest BCUT2D eigenvalue weighted by atomic mass is 35.5. The predicted molar refractivity (Wildman–Crippen MR) is 92.9 cm³/mol. The first-order valence-electron chi connectivity index (χ1n) is 7.81. The number of hydrogen-bond acceptors (Lipinski definition) is 5. The lowest BCUT2D eigenvalue weighted by Gasteiger charge is -2.17. The zero-order valence-electron chi connectivity index (χ0n) is 14.9. The van der Waals surface area contributed by atoms with Gasteiger partial charge in [-0.3, -0.25) is 0 Å². The largest absolute Gasteiger partial charge is 0.484 e. The van der Waals surface area contributed by atoms with Crippen LogP contribution in [-0.4, -0.2) is 39.7 Å². The molecule has 0 saturated carbocycles. The second kappa shape index (κ2) is 8.44. The fourth-order valence-corrected chi connectivity index (χ4v) is 2.43. The van der Waals surface area contributed by atoms with Crippen LogP contribution in [0, 0.1) is 0 Å². The van der Waals surface area contributed by atoms with Crippen LogP contribution in [-0.2, 0) is 0 Å². The molecule has 0 aliphatic rings. The lowest BCUT2D eigenvalue weighted by Crippen LogP contribution is -2.20. The quantitative estimate of drug-likeness (QED) is 0.591. The molecule has 5 nitrogen and oxygen atoms in total. The van der Waals surface area contributed by atoms with E-state index in [0.29, 0.717) is 0 Å². The van der Waals surface area contributed by atoms with E-state index in [1.807, 2.05) is 0 Å². The Bertz CT molecular complexity index is 924. The van der Waals surface area contributed by atoms with Gasteiger partial charge in [0.15, 0.2) is 13.2 Å². The van der Waals surface area contributed by atoms with Crippen molar-refractivity contribution in [1.29, 1.82) is 0 Å². The number of benzene rings is 1. The minimum atomic E-state index is -4.67. The molecular formula is C17H14ClF6NO4. The van der Waals surface area contributed by atoms with E-state index in [2.05, 4.69) is 4.74 Å². The van der Waals surface area contributed by atoms with Crippen LogP contribution in [0.4, 0.5) is 32.0 Å². The number of ether oxygens (including phenoxy) is 2. The normalized spacial score (nSPS) is 12.0. The van der Waals surface area contributed by atoms with Gasteiger partial charge in [-0.15, -0.1) is 0 Å². The van der Waals surface area contributed by atoms with Crippen molar-refractivity contribution in [1.82, 2.24) is 0 Å². The van der Waals surface area contributed by atoms with Crippen molar-refractivity contribution in [2.75, 3.05) is 32.2 Å². The Labute approximate surface area is 165 Å². The summed E-state index contributed by atoms with van der Waals surface area (Å²) in [5, 5.41) is -0.277. The molecule has 2 aromatic rings. The van der Waals surface area contributed by atoms with Gasteiger partial charge in [-0.05, 0) is 18.2 Å². The average Bonchev–Trinajstić information content (AvgIpc) is 2.59. The zero-order valence-corrected chi connectivity index (χ0v) is 15.7.